The van der Waals surface area contributed by atoms with Crippen molar-refractivity contribution in [2.75, 3.05) is 18.4 Å². The van der Waals surface area contributed by atoms with Gasteiger partial charge in [0.25, 0.3) is 0 Å². The third-order valence-electron chi connectivity index (χ3n) is 2.25. The van der Waals surface area contributed by atoms with Gasteiger partial charge in [-0.2, -0.15) is 0 Å². The van der Waals surface area contributed by atoms with Crippen molar-refractivity contribution in [3.63, 3.8) is 0 Å². The van der Waals surface area contributed by atoms with Crippen molar-refractivity contribution in [3.05, 3.63) is 18.2 Å². The molecule has 2 N–H and O–H groups in total. The van der Waals surface area contributed by atoms with E-state index in [9.17, 15) is 4.39 Å². The zero-order valence-electron chi connectivity index (χ0n) is 8.24. The monoisotopic (exact) mass is 232 g/mol. The minimum Gasteiger partial charge on any atom is -0.350 e. The van der Waals surface area contributed by atoms with Gasteiger partial charge in [-0.05, 0) is 19.4 Å². The lowest BCUT2D eigenvalue weighted by Crippen LogP contribution is -2.38. The minimum atomic E-state index is -0.405. The van der Waals surface area contributed by atoms with E-state index in [0.29, 0.717) is 12.0 Å². The highest BCUT2D eigenvalue weighted by atomic mass is 35.5. The first-order chi connectivity index (χ1) is 6.84. The molecular formula is C9H14ClFN4. The zero-order valence-corrected chi connectivity index (χ0v) is 9.06. The maximum absolute atomic E-state index is 12.5. The van der Waals surface area contributed by atoms with Crippen LogP contribution in [0.5, 0.6) is 0 Å². The summed E-state index contributed by atoms with van der Waals surface area (Å²) in [5.41, 5.74) is 0. The second-order valence-electron chi connectivity index (χ2n) is 3.41. The minimum absolute atomic E-state index is 0. The van der Waals surface area contributed by atoms with E-state index in [1.165, 1.54) is 12.4 Å². The molecule has 1 fully saturated rings. The second-order valence-corrected chi connectivity index (χ2v) is 3.41. The SMILES string of the molecule is Cl.Fc1cnc(N[C@@H]2CCCNC2)nc1. The number of halogens is 2. The summed E-state index contributed by atoms with van der Waals surface area (Å²) in [4.78, 5) is 7.69. The largest absolute Gasteiger partial charge is 0.350 e. The fourth-order valence-corrected chi connectivity index (χ4v) is 1.54. The highest BCUT2D eigenvalue weighted by Gasteiger charge is 2.13. The molecule has 15 heavy (non-hydrogen) atoms. The quantitative estimate of drug-likeness (QED) is 0.805. The highest BCUT2D eigenvalue weighted by Crippen LogP contribution is 2.07. The molecule has 1 aliphatic heterocycles. The van der Waals surface area contributed by atoms with Gasteiger partial charge >= 0.3 is 0 Å². The third-order valence-corrected chi connectivity index (χ3v) is 2.25. The predicted molar refractivity (Wildman–Crippen MR) is 58.8 cm³/mol. The first-order valence-electron chi connectivity index (χ1n) is 4.79. The number of anilines is 1. The number of hydrogen-bond acceptors (Lipinski definition) is 4. The average Bonchev–Trinajstić information content (AvgIpc) is 2.23. The smallest absolute Gasteiger partial charge is 0.223 e. The third kappa shape index (κ3) is 3.60. The second kappa shape index (κ2) is 5.82. The zero-order chi connectivity index (χ0) is 9.80. The maximum atomic E-state index is 12.5. The molecule has 84 valence electrons. The van der Waals surface area contributed by atoms with Gasteiger partial charge in [0, 0.05) is 12.6 Å². The summed E-state index contributed by atoms with van der Waals surface area (Å²) < 4.78 is 12.5. The molecule has 1 aromatic heterocycles. The number of aromatic nitrogens is 2. The van der Waals surface area contributed by atoms with Crippen molar-refractivity contribution in [2.45, 2.75) is 18.9 Å². The Kier molecular flexibility index (Phi) is 4.71. The van der Waals surface area contributed by atoms with Crippen molar-refractivity contribution >= 4 is 18.4 Å². The van der Waals surface area contributed by atoms with E-state index in [4.69, 9.17) is 0 Å². The Morgan fingerprint density at radius 2 is 2.13 bits per heavy atom. The van der Waals surface area contributed by atoms with Gasteiger partial charge < -0.3 is 10.6 Å². The molecule has 0 amide bonds. The summed E-state index contributed by atoms with van der Waals surface area (Å²) in [5.74, 6) is 0.0948. The van der Waals surface area contributed by atoms with Crippen LogP contribution in [0.25, 0.3) is 0 Å². The molecule has 0 aliphatic carbocycles. The molecule has 4 nitrogen and oxygen atoms in total. The van der Waals surface area contributed by atoms with Crippen LogP contribution in [0.1, 0.15) is 12.8 Å². The van der Waals surface area contributed by atoms with Crippen LogP contribution in [0, 0.1) is 5.82 Å². The number of hydrogen-bond donors (Lipinski definition) is 2. The first kappa shape index (κ1) is 12.1. The van der Waals surface area contributed by atoms with Crippen LogP contribution in [-0.4, -0.2) is 29.1 Å². The molecule has 2 rings (SSSR count). The molecule has 0 radical (unpaired) electrons. The molecule has 1 aromatic rings. The lowest BCUT2D eigenvalue weighted by Gasteiger charge is -2.23. The van der Waals surface area contributed by atoms with E-state index in [-0.39, 0.29) is 12.4 Å². The Labute approximate surface area is 94.1 Å². The normalized spacial score (nSPS) is 20.5. The molecule has 0 bridgehead atoms. The Balaban J connectivity index is 0.00000112. The molecular weight excluding hydrogens is 219 g/mol. The fourth-order valence-electron chi connectivity index (χ4n) is 1.54. The number of nitrogens with one attached hydrogen (secondary N) is 2. The standard InChI is InChI=1S/C9H13FN4.ClH/c10-7-4-12-9(13-5-7)14-8-2-1-3-11-6-8;/h4-5,8,11H,1-3,6H2,(H,12,13,14);1H/t8-;/m1./s1. The summed E-state index contributed by atoms with van der Waals surface area (Å²) in [6, 6.07) is 0.356. The van der Waals surface area contributed by atoms with Crippen molar-refractivity contribution in [2.24, 2.45) is 0 Å². The van der Waals surface area contributed by atoms with Gasteiger partial charge in [-0.1, -0.05) is 0 Å². The lowest BCUT2D eigenvalue weighted by molar-refractivity contribution is 0.477. The van der Waals surface area contributed by atoms with Crippen LogP contribution >= 0.6 is 12.4 Å². The predicted octanol–water partition coefficient (Wildman–Crippen LogP) is 1.20. The van der Waals surface area contributed by atoms with Crippen molar-refractivity contribution < 1.29 is 4.39 Å². The van der Waals surface area contributed by atoms with Gasteiger partial charge in [-0.3, -0.25) is 0 Å². The Bertz CT molecular complexity index is 287. The van der Waals surface area contributed by atoms with E-state index < -0.39 is 5.82 Å². The number of rotatable bonds is 2. The van der Waals surface area contributed by atoms with Crippen LogP contribution in [0.2, 0.25) is 0 Å². The highest BCUT2D eigenvalue weighted by molar-refractivity contribution is 5.85. The summed E-state index contributed by atoms with van der Waals surface area (Å²) in [5, 5.41) is 6.43. The Morgan fingerprint density at radius 3 is 2.73 bits per heavy atom. The summed E-state index contributed by atoms with van der Waals surface area (Å²) in [6.45, 7) is 1.99. The lowest BCUT2D eigenvalue weighted by atomic mass is 10.1. The summed E-state index contributed by atoms with van der Waals surface area (Å²) in [6.07, 6.45) is 4.60. The van der Waals surface area contributed by atoms with Gasteiger partial charge in [0.2, 0.25) is 5.95 Å². The summed E-state index contributed by atoms with van der Waals surface area (Å²) in [7, 11) is 0. The molecule has 2 heterocycles. The fraction of sp³-hybridized carbons (Fsp3) is 0.556. The molecule has 1 aliphatic rings. The first-order valence-corrected chi connectivity index (χ1v) is 4.79. The molecule has 0 aromatic carbocycles. The van der Waals surface area contributed by atoms with E-state index in [0.717, 1.165) is 25.9 Å². The van der Waals surface area contributed by atoms with E-state index in [2.05, 4.69) is 20.6 Å². The van der Waals surface area contributed by atoms with E-state index in [1.54, 1.807) is 0 Å². The van der Waals surface area contributed by atoms with Crippen molar-refractivity contribution in [1.82, 2.24) is 15.3 Å². The van der Waals surface area contributed by atoms with Crippen LogP contribution in [-0.2, 0) is 0 Å². The van der Waals surface area contributed by atoms with Crippen LogP contribution in [0.15, 0.2) is 12.4 Å². The molecule has 1 saturated heterocycles. The molecule has 0 spiro atoms. The molecule has 1 atom stereocenters. The van der Waals surface area contributed by atoms with Crippen LogP contribution in [0.4, 0.5) is 10.3 Å². The molecule has 0 unspecified atom stereocenters. The Hall–Kier alpha value is -0.940. The number of nitrogens with zero attached hydrogens (tertiary/aromatic N) is 2. The Morgan fingerprint density at radius 1 is 1.40 bits per heavy atom. The topological polar surface area (TPSA) is 49.8 Å². The molecule has 6 heteroatoms. The van der Waals surface area contributed by atoms with Gasteiger partial charge in [-0.25, -0.2) is 14.4 Å². The van der Waals surface area contributed by atoms with Crippen LogP contribution in [0.3, 0.4) is 0 Å². The van der Waals surface area contributed by atoms with Crippen molar-refractivity contribution in [1.29, 1.82) is 0 Å². The molecule has 0 saturated carbocycles. The number of piperidine rings is 1. The summed E-state index contributed by atoms with van der Waals surface area (Å²) >= 11 is 0. The van der Waals surface area contributed by atoms with E-state index >= 15 is 0 Å². The van der Waals surface area contributed by atoms with Gasteiger partial charge in [-0.15, -0.1) is 12.4 Å². The van der Waals surface area contributed by atoms with Gasteiger partial charge in [0.15, 0.2) is 5.82 Å². The van der Waals surface area contributed by atoms with Crippen molar-refractivity contribution in [3.8, 4) is 0 Å². The van der Waals surface area contributed by atoms with E-state index in [1.807, 2.05) is 0 Å². The van der Waals surface area contributed by atoms with Crippen LogP contribution < -0.4 is 10.6 Å². The maximum Gasteiger partial charge on any atom is 0.223 e. The average molecular weight is 233 g/mol. The van der Waals surface area contributed by atoms with Gasteiger partial charge in [0.1, 0.15) is 0 Å². The van der Waals surface area contributed by atoms with Gasteiger partial charge in [0.05, 0.1) is 12.4 Å².